The molecule has 0 aromatic carbocycles. The van der Waals surface area contributed by atoms with Crippen LogP contribution < -0.4 is 10.6 Å². The zero-order chi connectivity index (χ0) is 17.8. The van der Waals surface area contributed by atoms with Gasteiger partial charge in [0.1, 0.15) is 10.8 Å². The van der Waals surface area contributed by atoms with Gasteiger partial charge in [0.25, 0.3) is 5.91 Å². The van der Waals surface area contributed by atoms with E-state index in [0.29, 0.717) is 29.7 Å². The molecule has 0 saturated carbocycles. The zero-order valence-corrected chi connectivity index (χ0v) is 14.5. The van der Waals surface area contributed by atoms with Gasteiger partial charge in [-0.1, -0.05) is 11.6 Å². The van der Waals surface area contributed by atoms with Gasteiger partial charge in [-0.3, -0.25) is 9.78 Å². The van der Waals surface area contributed by atoms with Crippen molar-refractivity contribution >= 4 is 17.5 Å². The number of rotatable bonds is 4. The van der Waals surface area contributed by atoms with Gasteiger partial charge in [0, 0.05) is 25.4 Å². The number of ether oxygens (including phenoxy) is 1. The first-order chi connectivity index (χ1) is 12.1. The smallest absolute Gasteiger partial charge is 0.269 e. The van der Waals surface area contributed by atoms with Crippen molar-refractivity contribution in [2.24, 2.45) is 0 Å². The van der Waals surface area contributed by atoms with Gasteiger partial charge < -0.3 is 20.5 Å². The molecule has 3 heterocycles. The van der Waals surface area contributed by atoms with Crippen molar-refractivity contribution < 1.29 is 14.6 Å². The molecular formula is C17H19ClN4O3. The number of carbonyl (C=O) groups excluding carboxylic acids is 1. The number of hydrogen-bond acceptors (Lipinski definition) is 6. The van der Waals surface area contributed by atoms with Crippen molar-refractivity contribution in [1.29, 1.82) is 0 Å². The number of nitrogens with zero attached hydrogens (tertiary/aromatic N) is 2. The molecule has 25 heavy (non-hydrogen) atoms. The second kappa shape index (κ2) is 7.88. The molecule has 0 aliphatic carbocycles. The summed E-state index contributed by atoms with van der Waals surface area (Å²) >= 11 is 6.18. The molecule has 2 atom stereocenters. The average molecular weight is 363 g/mol. The molecule has 0 spiro atoms. The van der Waals surface area contributed by atoms with Gasteiger partial charge >= 0.3 is 0 Å². The van der Waals surface area contributed by atoms with Crippen molar-refractivity contribution in [3.8, 4) is 11.3 Å². The first-order valence-electron chi connectivity index (χ1n) is 7.92. The normalized spacial score (nSPS) is 20.3. The van der Waals surface area contributed by atoms with Crippen molar-refractivity contribution in [3.05, 3.63) is 46.9 Å². The van der Waals surface area contributed by atoms with Crippen LogP contribution in [0.25, 0.3) is 11.3 Å². The number of hydrogen-bond donors (Lipinski definition) is 3. The number of aliphatic hydroxyl groups is 1. The minimum absolute atomic E-state index is 0.0361. The molecule has 7 nitrogen and oxygen atoms in total. The van der Waals surface area contributed by atoms with Crippen LogP contribution in [0.1, 0.15) is 22.2 Å². The van der Waals surface area contributed by atoms with E-state index in [4.69, 9.17) is 21.4 Å². The Balaban J connectivity index is 1.88. The Kier molecular flexibility index (Phi) is 5.60. The van der Waals surface area contributed by atoms with Gasteiger partial charge in [-0.2, -0.15) is 0 Å². The second-order valence-corrected chi connectivity index (χ2v) is 6.11. The van der Waals surface area contributed by atoms with Crippen LogP contribution in [-0.2, 0) is 4.74 Å². The maximum Gasteiger partial charge on any atom is 0.269 e. The Bertz CT molecular complexity index is 763. The fourth-order valence-electron chi connectivity index (χ4n) is 2.65. The third-order valence-electron chi connectivity index (χ3n) is 4.01. The SMILES string of the molecule is CNC(=O)c1cc(-c2cc(C3CNC(CO)CO3)cc(Cl)n2)ccn1. The van der Waals surface area contributed by atoms with E-state index in [1.807, 2.05) is 6.07 Å². The number of halogens is 1. The quantitative estimate of drug-likeness (QED) is 0.707. The maximum absolute atomic E-state index is 11.8. The molecule has 3 N–H and O–H groups in total. The molecule has 0 bridgehead atoms. The predicted octanol–water partition coefficient (Wildman–Crippen LogP) is 1.18. The lowest BCUT2D eigenvalue weighted by atomic mass is 10.0. The highest BCUT2D eigenvalue weighted by Gasteiger charge is 2.23. The first kappa shape index (κ1) is 17.8. The van der Waals surface area contributed by atoms with E-state index in [9.17, 15) is 4.79 Å². The second-order valence-electron chi connectivity index (χ2n) is 5.73. The van der Waals surface area contributed by atoms with Crippen LogP contribution >= 0.6 is 11.6 Å². The van der Waals surface area contributed by atoms with Gasteiger partial charge in [0.2, 0.25) is 0 Å². The van der Waals surface area contributed by atoms with Crippen LogP contribution in [-0.4, -0.2) is 53.8 Å². The van der Waals surface area contributed by atoms with Gasteiger partial charge in [-0.15, -0.1) is 0 Å². The number of carbonyl (C=O) groups is 1. The van der Waals surface area contributed by atoms with E-state index in [1.165, 1.54) is 0 Å². The van der Waals surface area contributed by atoms with Crippen LogP contribution in [0.5, 0.6) is 0 Å². The molecule has 2 aromatic rings. The predicted molar refractivity (Wildman–Crippen MR) is 93.4 cm³/mol. The number of morpholine rings is 1. The number of amides is 1. The minimum Gasteiger partial charge on any atom is -0.395 e. The van der Waals surface area contributed by atoms with Gasteiger partial charge in [0.05, 0.1) is 31.1 Å². The van der Waals surface area contributed by atoms with Gasteiger partial charge in [0.15, 0.2) is 0 Å². The summed E-state index contributed by atoms with van der Waals surface area (Å²) in [7, 11) is 1.56. The highest BCUT2D eigenvalue weighted by Crippen LogP contribution is 2.27. The third-order valence-corrected chi connectivity index (χ3v) is 4.21. The van der Waals surface area contributed by atoms with E-state index in [2.05, 4.69) is 20.6 Å². The summed E-state index contributed by atoms with van der Waals surface area (Å²) in [4.78, 5) is 20.2. The lowest BCUT2D eigenvalue weighted by molar-refractivity contribution is -0.00953. The Labute approximate surface area is 150 Å². The summed E-state index contributed by atoms with van der Waals surface area (Å²) in [5.41, 5.74) is 2.58. The van der Waals surface area contributed by atoms with E-state index >= 15 is 0 Å². The third kappa shape index (κ3) is 4.13. The minimum atomic E-state index is -0.265. The molecule has 1 amide bonds. The monoisotopic (exact) mass is 362 g/mol. The fourth-order valence-corrected chi connectivity index (χ4v) is 2.86. The number of nitrogens with one attached hydrogen (secondary N) is 2. The van der Waals surface area contributed by atoms with Gasteiger partial charge in [-0.25, -0.2) is 4.98 Å². The Morgan fingerprint density at radius 2 is 2.32 bits per heavy atom. The highest BCUT2D eigenvalue weighted by atomic mass is 35.5. The standard InChI is InChI=1S/C17H19ClN4O3/c1-19-17(24)14-4-10(2-3-20-14)13-5-11(6-16(18)22-13)15-7-21-12(8-23)9-25-15/h2-6,12,15,21,23H,7-9H2,1H3,(H,19,24). The van der Waals surface area contributed by atoms with Crippen molar-refractivity contribution in [1.82, 2.24) is 20.6 Å². The Morgan fingerprint density at radius 1 is 1.48 bits per heavy atom. The molecule has 3 rings (SSSR count). The summed E-state index contributed by atoms with van der Waals surface area (Å²) < 4.78 is 5.81. The topological polar surface area (TPSA) is 96.4 Å². The highest BCUT2D eigenvalue weighted by molar-refractivity contribution is 6.29. The average Bonchev–Trinajstić information content (AvgIpc) is 2.67. The number of pyridine rings is 2. The molecular weight excluding hydrogens is 344 g/mol. The maximum atomic E-state index is 11.8. The summed E-state index contributed by atoms with van der Waals surface area (Å²) in [5, 5.41) is 15.3. The number of aromatic nitrogens is 2. The Hall–Kier alpha value is -2.06. The summed E-state index contributed by atoms with van der Waals surface area (Å²) in [6.45, 7) is 1.03. The molecule has 1 aliphatic rings. The van der Waals surface area contributed by atoms with Crippen LogP contribution in [0, 0.1) is 0 Å². The lowest BCUT2D eigenvalue weighted by Gasteiger charge is -2.29. The van der Waals surface area contributed by atoms with E-state index in [-0.39, 0.29) is 24.7 Å². The summed E-state index contributed by atoms with van der Waals surface area (Å²) in [6, 6.07) is 7.04. The van der Waals surface area contributed by atoms with Gasteiger partial charge in [-0.05, 0) is 29.8 Å². The van der Waals surface area contributed by atoms with Crippen LogP contribution in [0.2, 0.25) is 5.15 Å². The summed E-state index contributed by atoms with van der Waals surface area (Å²) in [5.74, 6) is -0.265. The van der Waals surface area contributed by atoms with Crippen LogP contribution in [0.15, 0.2) is 30.5 Å². The van der Waals surface area contributed by atoms with E-state index in [0.717, 1.165) is 11.1 Å². The molecule has 0 radical (unpaired) electrons. The van der Waals surface area contributed by atoms with Crippen molar-refractivity contribution in [2.75, 3.05) is 26.8 Å². The molecule has 1 saturated heterocycles. The molecule has 1 aliphatic heterocycles. The van der Waals surface area contributed by atoms with Crippen LogP contribution in [0.3, 0.4) is 0 Å². The molecule has 1 fully saturated rings. The number of aliphatic hydroxyl groups excluding tert-OH is 1. The van der Waals surface area contributed by atoms with E-state index < -0.39 is 0 Å². The first-order valence-corrected chi connectivity index (χ1v) is 8.30. The summed E-state index contributed by atoms with van der Waals surface area (Å²) in [6.07, 6.45) is 1.38. The fraction of sp³-hybridized carbons (Fsp3) is 0.353. The van der Waals surface area contributed by atoms with E-state index in [1.54, 1.807) is 31.4 Å². The lowest BCUT2D eigenvalue weighted by Crippen LogP contribution is -2.44. The molecule has 132 valence electrons. The van der Waals surface area contributed by atoms with Crippen molar-refractivity contribution in [2.45, 2.75) is 12.1 Å². The zero-order valence-electron chi connectivity index (χ0n) is 13.7. The Morgan fingerprint density at radius 3 is 3.00 bits per heavy atom. The molecule has 8 heteroatoms. The van der Waals surface area contributed by atoms with Crippen LogP contribution in [0.4, 0.5) is 0 Å². The largest absolute Gasteiger partial charge is 0.395 e. The molecule has 2 unspecified atom stereocenters. The van der Waals surface area contributed by atoms with Crippen molar-refractivity contribution in [3.63, 3.8) is 0 Å². The molecule has 2 aromatic heterocycles.